The van der Waals surface area contributed by atoms with E-state index in [0.717, 1.165) is 12.0 Å². The Balaban J connectivity index is 2.21. The van der Waals surface area contributed by atoms with Crippen LogP contribution >= 0.6 is 0 Å². The topological polar surface area (TPSA) is 66.4 Å². The van der Waals surface area contributed by atoms with Crippen molar-refractivity contribution in [3.05, 3.63) is 54.1 Å². The molecule has 0 aliphatic carbocycles. The summed E-state index contributed by atoms with van der Waals surface area (Å²) in [5.74, 6) is 0.502. The molecule has 0 aliphatic heterocycles. The van der Waals surface area contributed by atoms with Crippen molar-refractivity contribution >= 4 is 15.7 Å². The fraction of sp³-hybridized carbons (Fsp3) is 0.250. The molecule has 4 nitrogen and oxygen atoms in total. The number of hydrogen-bond donors (Lipinski definition) is 2. The van der Waals surface area contributed by atoms with Crippen LogP contribution in [0.5, 0.6) is 5.75 Å². The maximum Gasteiger partial charge on any atom is 0.261 e. The molecule has 2 aromatic carbocycles. The van der Waals surface area contributed by atoms with E-state index in [1.54, 1.807) is 12.1 Å². The molecular formula is C16H19NO3S. The number of anilines is 1. The molecule has 2 rings (SSSR count). The lowest BCUT2D eigenvalue weighted by molar-refractivity contribution is 0.475. The Kier molecular flexibility index (Phi) is 4.53. The minimum atomic E-state index is -3.61. The number of benzene rings is 2. The van der Waals surface area contributed by atoms with Gasteiger partial charge in [0.15, 0.2) is 0 Å². The second-order valence-corrected chi connectivity index (χ2v) is 6.71. The van der Waals surface area contributed by atoms with E-state index in [9.17, 15) is 13.5 Å². The summed E-state index contributed by atoms with van der Waals surface area (Å²) in [6.45, 7) is 4.21. The second-order valence-electron chi connectivity index (χ2n) is 5.03. The van der Waals surface area contributed by atoms with Gasteiger partial charge in [-0.15, -0.1) is 0 Å². The van der Waals surface area contributed by atoms with Gasteiger partial charge in [0.1, 0.15) is 5.75 Å². The first-order valence-electron chi connectivity index (χ1n) is 6.84. The van der Waals surface area contributed by atoms with Gasteiger partial charge in [0.25, 0.3) is 10.0 Å². The Bertz CT molecular complexity index is 691. The first kappa shape index (κ1) is 15.4. The summed E-state index contributed by atoms with van der Waals surface area (Å²) in [6.07, 6.45) is 1.01. The molecule has 0 aromatic heterocycles. The van der Waals surface area contributed by atoms with E-state index in [1.165, 1.54) is 24.3 Å². The molecule has 0 saturated carbocycles. The molecule has 1 atom stereocenters. The number of hydrogen-bond acceptors (Lipinski definition) is 3. The monoisotopic (exact) mass is 305 g/mol. The normalized spacial score (nSPS) is 12.9. The smallest absolute Gasteiger partial charge is 0.261 e. The van der Waals surface area contributed by atoms with Crippen molar-refractivity contribution in [2.45, 2.75) is 31.1 Å². The molecule has 21 heavy (non-hydrogen) atoms. The predicted octanol–water partition coefficient (Wildman–Crippen LogP) is 3.71. The van der Waals surface area contributed by atoms with Crippen LogP contribution in [0, 0.1) is 0 Å². The lowest BCUT2D eigenvalue weighted by atomic mass is 9.99. The van der Waals surface area contributed by atoms with Crippen LogP contribution in [0.3, 0.4) is 0 Å². The van der Waals surface area contributed by atoms with Gasteiger partial charge in [-0.05, 0) is 54.3 Å². The first-order valence-corrected chi connectivity index (χ1v) is 8.32. The van der Waals surface area contributed by atoms with Crippen LogP contribution < -0.4 is 4.72 Å². The van der Waals surface area contributed by atoms with Gasteiger partial charge in [-0.25, -0.2) is 8.42 Å². The van der Waals surface area contributed by atoms with Gasteiger partial charge >= 0.3 is 0 Å². The highest BCUT2D eigenvalue weighted by Gasteiger charge is 2.14. The number of phenolic OH excluding ortho intramolecular Hbond substituents is 1. The zero-order chi connectivity index (χ0) is 15.5. The molecule has 0 heterocycles. The van der Waals surface area contributed by atoms with Crippen LogP contribution in [0.4, 0.5) is 5.69 Å². The molecule has 5 heteroatoms. The lowest BCUT2D eigenvalue weighted by Crippen LogP contribution is -2.12. The van der Waals surface area contributed by atoms with Crippen molar-refractivity contribution in [3.8, 4) is 5.75 Å². The van der Waals surface area contributed by atoms with Crippen LogP contribution in [0.15, 0.2) is 53.4 Å². The molecule has 0 saturated heterocycles. The van der Waals surface area contributed by atoms with Crippen LogP contribution in [-0.2, 0) is 10.0 Å². The maximum atomic E-state index is 12.3. The highest BCUT2D eigenvalue weighted by Crippen LogP contribution is 2.22. The molecule has 0 fully saturated rings. The Labute approximate surface area is 125 Å². The number of sulfonamides is 1. The highest BCUT2D eigenvalue weighted by atomic mass is 32.2. The first-order chi connectivity index (χ1) is 9.92. The summed E-state index contributed by atoms with van der Waals surface area (Å²) in [4.78, 5) is 0.225. The fourth-order valence-corrected chi connectivity index (χ4v) is 3.01. The van der Waals surface area contributed by atoms with E-state index in [2.05, 4.69) is 18.6 Å². The van der Waals surface area contributed by atoms with Gasteiger partial charge in [-0.1, -0.05) is 26.0 Å². The zero-order valence-corrected chi connectivity index (χ0v) is 12.9. The van der Waals surface area contributed by atoms with E-state index in [4.69, 9.17) is 0 Å². The van der Waals surface area contributed by atoms with Crippen molar-refractivity contribution in [2.75, 3.05) is 4.72 Å². The molecule has 2 N–H and O–H groups in total. The highest BCUT2D eigenvalue weighted by molar-refractivity contribution is 7.92. The summed E-state index contributed by atoms with van der Waals surface area (Å²) >= 11 is 0. The average Bonchev–Trinajstić information content (AvgIpc) is 2.49. The molecular weight excluding hydrogens is 286 g/mol. The molecule has 112 valence electrons. The Morgan fingerprint density at radius 2 is 1.62 bits per heavy atom. The van der Waals surface area contributed by atoms with E-state index < -0.39 is 10.0 Å². The fourth-order valence-electron chi connectivity index (χ4n) is 1.95. The Hall–Kier alpha value is -2.01. The van der Waals surface area contributed by atoms with Gasteiger partial charge in [-0.3, -0.25) is 4.72 Å². The van der Waals surface area contributed by atoms with Crippen molar-refractivity contribution in [3.63, 3.8) is 0 Å². The van der Waals surface area contributed by atoms with E-state index in [0.29, 0.717) is 11.6 Å². The van der Waals surface area contributed by atoms with Crippen molar-refractivity contribution in [2.24, 2.45) is 0 Å². The van der Waals surface area contributed by atoms with Crippen LogP contribution in [-0.4, -0.2) is 13.5 Å². The maximum absolute atomic E-state index is 12.3. The van der Waals surface area contributed by atoms with Crippen LogP contribution in [0.1, 0.15) is 31.7 Å². The van der Waals surface area contributed by atoms with Gasteiger partial charge in [-0.2, -0.15) is 0 Å². The average molecular weight is 305 g/mol. The second kappa shape index (κ2) is 6.18. The van der Waals surface area contributed by atoms with Crippen molar-refractivity contribution in [1.29, 1.82) is 0 Å². The number of aromatic hydroxyl groups is 1. The van der Waals surface area contributed by atoms with E-state index >= 15 is 0 Å². The SMILES string of the molecule is CC[C@@H](C)c1ccc(S(=O)(=O)Nc2ccc(O)cc2)cc1. The minimum Gasteiger partial charge on any atom is -0.508 e. The summed E-state index contributed by atoms with van der Waals surface area (Å²) in [5, 5.41) is 9.20. The number of nitrogens with one attached hydrogen (secondary N) is 1. The summed E-state index contributed by atoms with van der Waals surface area (Å²) < 4.78 is 27.0. The third-order valence-corrected chi connectivity index (χ3v) is 4.89. The van der Waals surface area contributed by atoms with Crippen LogP contribution in [0.2, 0.25) is 0 Å². The summed E-state index contributed by atoms with van der Waals surface area (Å²) in [7, 11) is -3.61. The molecule has 0 unspecified atom stereocenters. The van der Waals surface area contributed by atoms with Gasteiger partial charge in [0.2, 0.25) is 0 Å². The molecule has 2 aromatic rings. The number of rotatable bonds is 5. The largest absolute Gasteiger partial charge is 0.508 e. The minimum absolute atomic E-state index is 0.0934. The third kappa shape index (κ3) is 3.76. The number of phenols is 1. The quantitative estimate of drug-likeness (QED) is 0.828. The predicted molar refractivity (Wildman–Crippen MR) is 84.1 cm³/mol. The van der Waals surface area contributed by atoms with Crippen molar-refractivity contribution in [1.82, 2.24) is 0 Å². The molecule has 0 radical (unpaired) electrons. The van der Waals surface area contributed by atoms with Gasteiger partial charge in [0.05, 0.1) is 4.90 Å². The van der Waals surface area contributed by atoms with Crippen molar-refractivity contribution < 1.29 is 13.5 Å². The standard InChI is InChI=1S/C16H19NO3S/c1-3-12(2)13-4-10-16(11-5-13)21(19,20)17-14-6-8-15(18)9-7-14/h4-12,17-18H,3H2,1-2H3/t12-/m1/s1. The summed E-state index contributed by atoms with van der Waals surface area (Å²) in [6, 6.07) is 12.8. The Morgan fingerprint density at radius 1 is 1.05 bits per heavy atom. The van der Waals surface area contributed by atoms with Crippen LogP contribution in [0.25, 0.3) is 0 Å². The third-order valence-electron chi connectivity index (χ3n) is 3.49. The van der Waals surface area contributed by atoms with Gasteiger partial charge in [0, 0.05) is 5.69 Å². The zero-order valence-electron chi connectivity index (χ0n) is 12.1. The van der Waals surface area contributed by atoms with Gasteiger partial charge < -0.3 is 5.11 Å². The lowest BCUT2D eigenvalue weighted by Gasteiger charge is -2.11. The molecule has 0 aliphatic rings. The molecule has 0 amide bonds. The van der Waals surface area contributed by atoms with E-state index in [1.807, 2.05) is 12.1 Å². The Morgan fingerprint density at radius 3 is 2.14 bits per heavy atom. The molecule has 0 spiro atoms. The van der Waals surface area contributed by atoms with E-state index in [-0.39, 0.29) is 10.6 Å². The summed E-state index contributed by atoms with van der Waals surface area (Å²) in [5.41, 5.74) is 1.54. The molecule has 0 bridgehead atoms.